The van der Waals surface area contributed by atoms with Crippen molar-refractivity contribution in [1.29, 1.82) is 0 Å². The molecule has 0 amide bonds. The number of likely N-dealkylation sites (tertiary alicyclic amines) is 1. The number of carbonyl (C=O) groups is 2. The van der Waals surface area contributed by atoms with Gasteiger partial charge in [-0.15, -0.1) is 0 Å². The molecule has 1 aromatic carbocycles. The zero-order valence-electron chi connectivity index (χ0n) is 12.6. The molecule has 1 aromatic rings. The van der Waals surface area contributed by atoms with Crippen LogP contribution >= 0.6 is 0 Å². The summed E-state index contributed by atoms with van der Waals surface area (Å²) in [5, 5.41) is 0. The smallest absolute Gasteiger partial charge is 0.337 e. The lowest BCUT2D eigenvalue weighted by atomic mass is 10.1. The molecular formula is C16H21NO4. The van der Waals surface area contributed by atoms with Gasteiger partial charge in [-0.05, 0) is 49.7 Å². The first kappa shape index (κ1) is 15.5. The number of ether oxygens (including phenoxy) is 2. The van der Waals surface area contributed by atoms with E-state index < -0.39 is 11.9 Å². The average molecular weight is 291 g/mol. The van der Waals surface area contributed by atoms with Gasteiger partial charge in [-0.25, -0.2) is 4.79 Å². The molecule has 1 saturated heterocycles. The van der Waals surface area contributed by atoms with Crippen molar-refractivity contribution in [2.75, 3.05) is 20.2 Å². The molecule has 1 fully saturated rings. The molecule has 2 rings (SSSR count). The second-order valence-electron chi connectivity index (χ2n) is 5.29. The van der Waals surface area contributed by atoms with Crippen molar-refractivity contribution in [3.63, 3.8) is 0 Å². The van der Waals surface area contributed by atoms with Crippen LogP contribution in [-0.2, 0) is 16.1 Å². The minimum atomic E-state index is -0.427. The number of hydrogen-bond acceptors (Lipinski definition) is 5. The van der Waals surface area contributed by atoms with Gasteiger partial charge in [0.05, 0.1) is 12.7 Å². The first-order valence-corrected chi connectivity index (χ1v) is 7.21. The molecule has 21 heavy (non-hydrogen) atoms. The minimum Gasteiger partial charge on any atom is -0.465 e. The number of esters is 2. The molecule has 1 heterocycles. The van der Waals surface area contributed by atoms with Crippen LogP contribution in [0.3, 0.4) is 0 Å². The normalized spacial score (nSPS) is 15.5. The van der Waals surface area contributed by atoms with Crippen LogP contribution in [0.1, 0.15) is 42.1 Å². The standard InChI is InChI=1S/C16H21NO4/c1-12(18)21-15-9-13(8-14(10-15)16(19)20-2)11-17-6-4-3-5-7-17/h8-10H,3-7,11H2,1-2H3. The second kappa shape index (κ2) is 7.22. The molecule has 0 bridgehead atoms. The molecule has 0 aliphatic carbocycles. The molecule has 5 heteroatoms. The van der Waals surface area contributed by atoms with Crippen molar-refractivity contribution in [2.45, 2.75) is 32.7 Å². The van der Waals surface area contributed by atoms with Gasteiger partial charge in [0.1, 0.15) is 5.75 Å². The number of rotatable bonds is 4. The van der Waals surface area contributed by atoms with Crippen molar-refractivity contribution in [3.8, 4) is 5.75 Å². The Morgan fingerprint density at radius 2 is 1.86 bits per heavy atom. The van der Waals surface area contributed by atoms with Crippen LogP contribution in [0.2, 0.25) is 0 Å². The third-order valence-electron chi connectivity index (χ3n) is 3.50. The van der Waals surface area contributed by atoms with Gasteiger partial charge in [0.25, 0.3) is 0 Å². The summed E-state index contributed by atoms with van der Waals surface area (Å²) in [6.45, 7) is 4.21. The van der Waals surface area contributed by atoms with E-state index in [4.69, 9.17) is 9.47 Å². The van der Waals surface area contributed by atoms with E-state index in [1.54, 1.807) is 6.07 Å². The van der Waals surface area contributed by atoms with Crippen LogP contribution in [0, 0.1) is 0 Å². The van der Waals surface area contributed by atoms with Crippen LogP contribution in [0.15, 0.2) is 18.2 Å². The highest BCUT2D eigenvalue weighted by Gasteiger charge is 2.14. The number of methoxy groups -OCH3 is 1. The molecule has 0 saturated carbocycles. The van der Waals surface area contributed by atoms with Gasteiger partial charge in [0.15, 0.2) is 0 Å². The highest BCUT2D eigenvalue weighted by Crippen LogP contribution is 2.21. The Balaban J connectivity index is 2.21. The number of carbonyl (C=O) groups excluding carboxylic acids is 2. The summed E-state index contributed by atoms with van der Waals surface area (Å²) in [6, 6.07) is 5.14. The zero-order valence-corrected chi connectivity index (χ0v) is 12.6. The Bertz CT molecular complexity index is 521. The van der Waals surface area contributed by atoms with Crippen molar-refractivity contribution in [1.82, 2.24) is 4.90 Å². The summed E-state index contributed by atoms with van der Waals surface area (Å²) in [5.74, 6) is -0.442. The van der Waals surface area contributed by atoms with Gasteiger partial charge in [0.2, 0.25) is 0 Å². The van der Waals surface area contributed by atoms with Crippen LogP contribution < -0.4 is 4.74 Å². The SMILES string of the molecule is COC(=O)c1cc(CN2CCCCC2)cc(OC(C)=O)c1. The Labute approximate surface area is 124 Å². The predicted molar refractivity (Wildman–Crippen MR) is 78.2 cm³/mol. The van der Waals surface area contributed by atoms with E-state index in [1.807, 2.05) is 6.07 Å². The van der Waals surface area contributed by atoms with E-state index in [0.717, 1.165) is 25.2 Å². The number of benzene rings is 1. The zero-order chi connectivity index (χ0) is 15.2. The summed E-state index contributed by atoms with van der Waals surface area (Å²) in [6.07, 6.45) is 3.68. The van der Waals surface area contributed by atoms with Gasteiger partial charge in [0, 0.05) is 13.5 Å². The van der Waals surface area contributed by atoms with Crippen LogP contribution in [0.5, 0.6) is 5.75 Å². The summed E-state index contributed by atoms with van der Waals surface area (Å²) in [7, 11) is 1.34. The van der Waals surface area contributed by atoms with Crippen LogP contribution in [0.25, 0.3) is 0 Å². The van der Waals surface area contributed by atoms with E-state index in [0.29, 0.717) is 11.3 Å². The maximum absolute atomic E-state index is 11.7. The van der Waals surface area contributed by atoms with E-state index in [9.17, 15) is 9.59 Å². The fourth-order valence-corrected chi connectivity index (χ4v) is 2.59. The van der Waals surface area contributed by atoms with E-state index in [1.165, 1.54) is 39.4 Å². The molecule has 0 unspecified atom stereocenters. The number of piperidine rings is 1. The highest BCUT2D eigenvalue weighted by molar-refractivity contribution is 5.90. The Kier molecular flexibility index (Phi) is 5.33. The van der Waals surface area contributed by atoms with Gasteiger partial charge in [-0.1, -0.05) is 6.42 Å². The Morgan fingerprint density at radius 3 is 2.48 bits per heavy atom. The summed E-state index contributed by atoms with van der Waals surface area (Å²) in [5.41, 5.74) is 1.36. The molecular weight excluding hydrogens is 270 g/mol. The first-order chi connectivity index (χ1) is 10.1. The van der Waals surface area contributed by atoms with Crippen molar-refractivity contribution < 1.29 is 19.1 Å². The molecule has 0 atom stereocenters. The third kappa shape index (κ3) is 4.56. The van der Waals surface area contributed by atoms with Crippen molar-refractivity contribution in [2.24, 2.45) is 0 Å². The van der Waals surface area contributed by atoms with E-state index in [-0.39, 0.29) is 0 Å². The molecule has 0 spiro atoms. The number of hydrogen-bond donors (Lipinski definition) is 0. The molecule has 1 aliphatic rings. The maximum Gasteiger partial charge on any atom is 0.337 e. The summed E-state index contributed by atoms with van der Waals surface area (Å²) < 4.78 is 9.86. The van der Waals surface area contributed by atoms with Gasteiger partial charge in [-0.2, -0.15) is 0 Å². The molecule has 0 aromatic heterocycles. The third-order valence-corrected chi connectivity index (χ3v) is 3.50. The lowest BCUT2D eigenvalue weighted by molar-refractivity contribution is -0.131. The van der Waals surface area contributed by atoms with Crippen molar-refractivity contribution in [3.05, 3.63) is 29.3 Å². The fourth-order valence-electron chi connectivity index (χ4n) is 2.59. The second-order valence-corrected chi connectivity index (χ2v) is 5.29. The predicted octanol–water partition coefficient (Wildman–Crippen LogP) is 2.38. The topological polar surface area (TPSA) is 55.8 Å². The van der Waals surface area contributed by atoms with Crippen LogP contribution in [0.4, 0.5) is 0 Å². The van der Waals surface area contributed by atoms with Crippen molar-refractivity contribution >= 4 is 11.9 Å². The average Bonchev–Trinajstić information content (AvgIpc) is 2.46. The maximum atomic E-state index is 11.7. The van der Waals surface area contributed by atoms with Gasteiger partial charge in [-0.3, -0.25) is 9.69 Å². The summed E-state index contributed by atoms with van der Waals surface area (Å²) >= 11 is 0. The van der Waals surface area contributed by atoms with Crippen LogP contribution in [-0.4, -0.2) is 37.0 Å². The minimum absolute atomic E-state index is 0.386. The monoisotopic (exact) mass is 291 g/mol. The first-order valence-electron chi connectivity index (χ1n) is 7.21. The Morgan fingerprint density at radius 1 is 1.14 bits per heavy atom. The highest BCUT2D eigenvalue weighted by atomic mass is 16.5. The lowest BCUT2D eigenvalue weighted by Crippen LogP contribution is -2.29. The quantitative estimate of drug-likeness (QED) is 0.630. The van der Waals surface area contributed by atoms with Gasteiger partial charge >= 0.3 is 11.9 Å². The Hall–Kier alpha value is -1.88. The van der Waals surface area contributed by atoms with E-state index >= 15 is 0 Å². The fraction of sp³-hybridized carbons (Fsp3) is 0.500. The number of nitrogens with zero attached hydrogens (tertiary/aromatic N) is 1. The largest absolute Gasteiger partial charge is 0.465 e. The summed E-state index contributed by atoms with van der Waals surface area (Å²) in [4.78, 5) is 25.2. The van der Waals surface area contributed by atoms with E-state index in [2.05, 4.69) is 4.90 Å². The molecule has 1 aliphatic heterocycles. The van der Waals surface area contributed by atoms with Gasteiger partial charge < -0.3 is 9.47 Å². The lowest BCUT2D eigenvalue weighted by Gasteiger charge is -2.26. The molecule has 5 nitrogen and oxygen atoms in total. The molecule has 114 valence electrons. The molecule has 0 N–H and O–H groups in total. The molecule has 0 radical (unpaired) electrons.